The largest absolute Gasteiger partial charge is 0.394 e. The van der Waals surface area contributed by atoms with Crippen LogP contribution in [-0.2, 0) is 14.3 Å². The Balaban J connectivity index is 2.44. The van der Waals surface area contributed by atoms with E-state index in [1.807, 2.05) is 6.08 Å². The normalized spacial score (nSPS) is 22.9. The summed E-state index contributed by atoms with van der Waals surface area (Å²) < 4.78 is 11.1. The zero-order chi connectivity index (χ0) is 36.7. The van der Waals surface area contributed by atoms with E-state index in [2.05, 4.69) is 67.8 Å². The average Bonchev–Trinajstić information content (AvgIpc) is 3.11. The fraction of sp³-hybridized carbons (Fsp3) is 0.732. The van der Waals surface area contributed by atoms with Crippen LogP contribution in [0.3, 0.4) is 0 Å². The number of aliphatic hydroxyl groups excluding tert-OH is 5. The van der Waals surface area contributed by atoms with Crippen molar-refractivity contribution in [3.05, 3.63) is 60.8 Å². The van der Waals surface area contributed by atoms with E-state index in [4.69, 9.17) is 9.47 Å². The Morgan fingerprint density at radius 3 is 1.92 bits per heavy atom. The number of carbonyl (C=O) groups is 1. The van der Waals surface area contributed by atoms with Crippen molar-refractivity contribution in [3.8, 4) is 0 Å². The first kappa shape index (κ1) is 45.9. The lowest BCUT2D eigenvalue weighted by atomic mass is 9.99. The van der Waals surface area contributed by atoms with E-state index < -0.39 is 49.5 Å². The van der Waals surface area contributed by atoms with Crippen molar-refractivity contribution < 1.29 is 39.8 Å². The molecule has 1 aliphatic heterocycles. The molecule has 0 aromatic carbocycles. The molecule has 0 aromatic rings. The summed E-state index contributed by atoms with van der Waals surface area (Å²) >= 11 is 0. The summed E-state index contributed by atoms with van der Waals surface area (Å²) in [5, 5.41) is 53.8. The Labute approximate surface area is 303 Å². The molecule has 1 fully saturated rings. The minimum Gasteiger partial charge on any atom is -0.394 e. The minimum atomic E-state index is -1.57. The number of hydrogen-bond donors (Lipinski definition) is 6. The van der Waals surface area contributed by atoms with Gasteiger partial charge in [0.2, 0.25) is 5.91 Å². The van der Waals surface area contributed by atoms with Gasteiger partial charge in [0, 0.05) is 6.42 Å². The van der Waals surface area contributed by atoms with Crippen LogP contribution in [0.1, 0.15) is 136 Å². The Kier molecular flexibility index (Phi) is 29.0. The quantitative estimate of drug-likeness (QED) is 0.0350. The molecule has 1 rings (SSSR count). The van der Waals surface area contributed by atoms with Gasteiger partial charge in [0.15, 0.2) is 6.29 Å². The predicted molar refractivity (Wildman–Crippen MR) is 202 cm³/mol. The summed E-state index contributed by atoms with van der Waals surface area (Å²) in [7, 11) is 0. The highest BCUT2D eigenvalue weighted by molar-refractivity contribution is 5.76. The van der Waals surface area contributed by atoms with Gasteiger partial charge < -0.3 is 40.3 Å². The summed E-state index contributed by atoms with van der Waals surface area (Å²) in [4.78, 5) is 12.9. The van der Waals surface area contributed by atoms with Gasteiger partial charge in [-0.15, -0.1) is 0 Å². The number of aliphatic hydroxyl groups is 5. The molecule has 6 N–H and O–H groups in total. The maximum absolute atomic E-state index is 12.9. The molecular formula is C41H71NO8. The van der Waals surface area contributed by atoms with Crippen molar-refractivity contribution in [3.63, 3.8) is 0 Å². The molecule has 9 heteroatoms. The molecule has 0 aliphatic carbocycles. The number of ether oxygens (including phenoxy) is 2. The van der Waals surface area contributed by atoms with Gasteiger partial charge in [-0.1, -0.05) is 126 Å². The van der Waals surface area contributed by atoms with Gasteiger partial charge in [0.1, 0.15) is 24.4 Å². The fourth-order valence-corrected chi connectivity index (χ4v) is 5.65. The predicted octanol–water partition coefficient (Wildman–Crippen LogP) is 6.88. The van der Waals surface area contributed by atoms with E-state index in [-0.39, 0.29) is 12.5 Å². The van der Waals surface area contributed by atoms with Crippen molar-refractivity contribution in [2.75, 3.05) is 13.2 Å². The zero-order valence-corrected chi connectivity index (χ0v) is 31.1. The third kappa shape index (κ3) is 22.7. The molecule has 288 valence electrons. The molecular weight excluding hydrogens is 634 g/mol. The Morgan fingerprint density at radius 2 is 1.26 bits per heavy atom. The molecule has 1 amide bonds. The van der Waals surface area contributed by atoms with Crippen LogP contribution in [0.2, 0.25) is 0 Å². The monoisotopic (exact) mass is 706 g/mol. The van der Waals surface area contributed by atoms with Crippen molar-refractivity contribution in [2.45, 2.75) is 179 Å². The minimum absolute atomic E-state index is 0.204. The van der Waals surface area contributed by atoms with Gasteiger partial charge >= 0.3 is 0 Å². The number of nitrogens with one attached hydrogen (secondary N) is 1. The van der Waals surface area contributed by atoms with Gasteiger partial charge in [-0.25, -0.2) is 0 Å². The molecule has 7 unspecified atom stereocenters. The van der Waals surface area contributed by atoms with E-state index in [0.717, 1.165) is 70.6 Å². The summed E-state index contributed by atoms with van der Waals surface area (Å²) in [6, 6.07) is -0.826. The smallest absolute Gasteiger partial charge is 0.220 e. The van der Waals surface area contributed by atoms with E-state index in [9.17, 15) is 30.3 Å². The van der Waals surface area contributed by atoms with Crippen LogP contribution >= 0.6 is 0 Å². The lowest BCUT2D eigenvalue weighted by Crippen LogP contribution is -2.60. The summed E-state index contributed by atoms with van der Waals surface area (Å²) in [5.74, 6) is -0.204. The van der Waals surface area contributed by atoms with Crippen molar-refractivity contribution in [1.82, 2.24) is 5.32 Å². The van der Waals surface area contributed by atoms with Gasteiger partial charge in [-0.2, -0.15) is 0 Å². The highest BCUT2D eigenvalue weighted by atomic mass is 16.7. The second-order valence-corrected chi connectivity index (χ2v) is 13.3. The van der Waals surface area contributed by atoms with E-state index >= 15 is 0 Å². The second-order valence-electron chi connectivity index (χ2n) is 13.3. The number of carbonyl (C=O) groups excluding carboxylic acids is 1. The highest BCUT2D eigenvalue weighted by Gasteiger charge is 2.44. The first-order valence-corrected chi connectivity index (χ1v) is 19.5. The maximum Gasteiger partial charge on any atom is 0.220 e. The van der Waals surface area contributed by atoms with Crippen LogP contribution in [0.25, 0.3) is 0 Å². The van der Waals surface area contributed by atoms with Crippen molar-refractivity contribution in [1.29, 1.82) is 0 Å². The molecule has 1 aliphatic rings. The molecule has 0 radical (unpaired) electrons. The van der Waals surface area contributed by atoms with Gasteiger partial charge in [-0.05, 0) is 64.2 Å². The summed E-state index contributed by atoms with van der Waals surface area (Å²) in [6.45, 7) is 3.56. The standard InChI is InChI=1S/C41H71NO8/c1-3-5-7-9-11-13-15-16-17-18-19-20-21-23-25-27-29-31-37(45)42-34(33-49-41-40(48)39(47)38(46)36(32-43)50-41)35(44)30-28-26-24-22-14-12-10-8-6-4-2/h5,7,11,13-14,16-17,22,28,30,34-36,38-41,43-44,46-48H,3-4,6,8-10,12,15,18-21,23-27,29,31-33H2,1-2H3,(H,42,45)/b7-5-,13-11-,17-16-,22-14+,30-28+. The maximum atomic E-state index is 12.9. The first-order chi connectivity index (χ1) is 24.3. The molecule has 1 saturated heterocycles. The fourth-order valence-electron chi connectivity index (χ4n) is 5.65. The van der Waals surface area contributed by atoms with Crippen molar-refractivity contribution in [2.24, 2.45) is 0 Å². The lowest BCUT2D eigenvalue weighted by molar-refractivity contribution is -0.302. The Bertz CT molecular complexity index is 962. The number of rotatable bonds is 30. The second kappa shape index (κ2) is 31.6. The molecule has 50 heavy (non-hydrogen) atoms. The molecule has 1 heterocycles. The van der Waals surface area contributed by atoms with Gasteiger partial charge in [0.05, 0.1) is 25.4 Å². The molecule has 0 bridgehead atoms. The Morgan fingerprint density at radius 1 is 0.700 bits per heavy atom. The van der Waals surface area contributed by atoms with Crippen LogP contribution in [0.5, 0.6) is 0 Å². The van der Waals surface area contributed by atoms with E-state index in [1.54, 1.807) is 6.08 Å². The number of unbranched alkanes of at least 4 members (excludes halogenated alkanes) is 12. The van der Waals surface area contributed by atoms with Gasteiger partial charge in [-0.3, -0.25) is 4.79 Å². The SMILES string of the molecule is CC/C=C\C/C=C\C/C=C\CCCCCCCCCC(=O)NC(COC1OC(CO)C(O)C(O)C1O)C(O)/C=C/CC/C=C/CCCCCC. The number of hydrogen-bond acceptors (Lipinski definition) is 8. The Hall–Kier alpha value is -2.11. The highest BCUT2D eigenvalue weighted by Crippen LogP contribution is 2.22. The van der Waals surface area contributed by atoms with Crippen LogP contribution < -0.4 is 5.32 Å². The van der Waals surface area contributed by atoms with Gasteiger partial charge in [0.25, 0.3) is 0 Å². The first-order valence-electron chi connectivity index (χ1n) is 19.5. The summed E-state index contributed by atoms with van der Waals surface area (Å²) in [6.07, 6.45) is 32.7. The molecule has 0 saturated carbocycles. The third-order valence-corrected chi connectivity index (χ3v) is 8.83. The van der Waals surface area contributed by atoms with Crippen LogP contribution in [0.4, 0.5) is 0 Å². The van der Waals surface area contributed by atoms with Crippen LogP contribution in [0, 0.1) is 0 Å². The molecule has 0 spiro atoms. The van der Waals surface area contributed by atoms with E-state index in [1.165, 1.54) is 44.9 Å². The number of amides is 1. The topological polar surface area (TPSA) is 149 Å². The summed E-state index contributed by atoms with van der Waals surface area (Å²) in [5.41, 5.74) is 0. The van der Waals surface area contributed by atoms with E-state index in [0.29, 0.717) is 6.42 Å². The molecule has 7 atom stereocenters. The zero-order valence-electron chi connectivity index (χ0n) is 31.1. The van der Waals surface area contributed by atoms with Crippen LogP contribution in [-0.4, -0.2) is 87.5 Å². The number of allylic oxidation sites excluding steroid dienone is 9. The van der Waals surface area contributed by atoms with Crippen molar-refractivity contribution >= 4 is 5.91 Å². The third-order valence-electron chi connectivity index (χ3n) is 8.83. The average molecular weight is 706 g/mol. The molecule has 0 aromatic heterocycles. The van der Waals surface area contributed by atoms with Crippen LogP contribution in [0.15, 0.2) is 60.8 Å². The molecule has 9 nitrogen and oxygen atoms in total. The lowest BCUT2D eigenvalue weighted by Gasteiger charge is -2.40.